The summed E-state index contributed by atoms with van der Waals surface area (Å²) in [5.74, 6) is -1.28. The summed E-state index contributed by atoms with van der Waals surface area (Å²) in [7, 11) is 0. The van der Waals surface area contributed by atoms with E-state index in [2.05, 4.69) is 0 Å². The first-order valence-electron chi connectivity index (χ1n) is 5.76. The average molecular weight is 288 g/mol. The number of thiophene rings is 1. The smallest absolute Gasteiger partial charge is 0.319 e. The van der Waals surface area contributed by atoms with E-state index < -0.39 is 11.4 Å². The maximum atomic E-state index is 12.2. The Morgan fingerprint density at radius 3 is 2.56 bits per heavy atom. The Morgan fingerprint density at radius 2 is 2.17 bits per heavy atom. The minimum absolute atomic E-state index is 0.276. The summed E-state index contributed by atoms with van der Waals surface area (Å²) >= 11 is 7.25. The molecule has 1 heterocycles. The molecule has 18 heavy (non-hydrogen) atoms. The highest BCUT2D eigenvalue weighted by molar-refractivity contribution is 7.16. The van der Waals surface area contributed by atoms with Crippen LogP contribution in [0.4, 0.5) is 0 Å². The maximum Gasteiger partial charge on any atom is 0.319 e. The molecule has 0 spiro atoms. The van der Waals surface area contributed by atoms with Gasteiger partial charge in [0.15, 0.2) is 0 Å². The number of carbonyl (C=O) groups excluding carboxylic acids is 1. The van der Waals surface area contributed by atoms with Crippen LogP contribution in [0.1, 0.15) is 24.6 Å². The van der Waals surface area contributed by atoms with E-state index >= 15 is 0 Å². The number of halogens is 1. The van der Waals surface area contributed by atoms with Crippen LogP contribution in [-0.2, 0) is 16.1 Å². The monoisotopic (exact) mass is 287 g/mol. The van der Waals surface area contributed by atoms with Gasteiger partial charge in [-0.2, -0.15) is 0 Å². The molecule has 1 fully saturated rings. The Labute approximate surface area is 114 Å². The van der Waals surface area contributed by atoms with Gasteiger partial charge >= 0.3 is 5.97 Å². The van der Waals surface area contributed by atoms with Crippen LogP contribution in [0.5, 0.6) is 0 Å². The quantitative estimate of drug-likeness (QED) is 0.847. The number of aliphatic carboxylic acids is 1. The van der Waals surface area contributed by atoms with Crippen LogP contribution in [0.3, 0.4) is 0 Å². The fourth-order valence-electron chi connectivity index (χ4n) is 1.90. The first kappa shape index (κ1) is 13.4. The zero-order valence-corrected chi connectivity index (χ0v) is 11.6. The Morgan fingerprint density at radius 1 is 1.50 bits per heavy atom. The van der Waals surface area contributed by atoms with E-state index in [-0.39, 0.29) is 5.91 Å². The summed E-state index contributed by atoms with van der Waals surface area (Å²) in [4.78, 5) is 25.9. The van der Waals surface area contributed by atoms with Gasteiger partial charge in [-0.1, -0.05) is 11.6 Å². The van der Waals surface area contributed by atoms with Crippen LogP contribution in [0, 0.1) is 5.41 Å². The van der Waals surface area contributed by atoms with Crippen LogP contribution in [0.15, 0.2) is 12.1 Å². The van der Waals surface area contributed by atoms with Crippen molar-refractivity contribution in [3.63, 3.8) is 0 Å². The lowest BCUT2D eigenvalue weighted by atomic mass is 10.1. The summed E-state index contributed by atoms with van der Waals surface area (Å²) in [5.41, 5.74) is -1.16. The third-order valence-electron chi connectivity index (χ3n) is 3.21. The topological polar surface area (TPSA) is 57.6 Å². The van der Waals surface area contributed by atoms with Gasteiger partial charge in [-0.3, -0.25) is 9.59 Å². The van der Waals surface area contributed by atoms with E-state index in [1.54, 1.807) is 11.0 Å². The zero-order chi connectivity index (χ0) is 13.3. The standard InChI is InChI=1S/C12H14ClNO3S/c1-2-14(7-8-3-4-9(13)18-8)10(15)12(5-6-12)11(16)17/h3-4H,2,5-7H2,1H3,(H,16,17). The lowest BCUT2D eigenvalue weighted by Crippen LogP contribution is -2.40. The van der Waals surface area contributed by atoms with Gasteiger partial charge in [-0.05, 0) is 31.9 Å². The van der Waals surface area contributed by atoms with Gasteiger partial charge in [-0.15, -0.1) is 11.3 Å². The summed E-state index contributed by atoms with van der Waals surface area (Å²) in [5, 5.41) is 9.12. The molecule has 1 aromatic heterocycles. The number of carboxylic acids is 1. The SMILES string of the molecule is CCN(Cc1ccc(Cl)s1)C(=O)C1(C(=O)O)CC1. The van der Waals surface area contributed by atoms with E-state index in [1.165, 1.54) is 11.3 Å². The number of rotatable bonds is 5. The van der Waals surface area contributed by atoms with Gasteiger partial charge in [0.25, 0.3) is 0 Å². The molecule has 4 nitrogen and oxygen atoms in total. The first-order valence-corrected chi connectivity index (χ1v) is 6.96. The second-order valence-corrected chi connectivity index (χ2v) is 6.21. The van der Waals surface area contributed by atoms with Crippen molar-refractivity contribution in [2.24, 2.45) is 5.41 Å². The molecule has 1 amide bonds. The molecule has 0 radical (unpaired) electrons. The Balaban J connectivity index is 2.10. The third-order valence-corrected chi connectivity index (χ3v) is 4.43. The van der Waals surface area contributed by atoms with Gasteiger partial charge < -0.3 is 10.0 Å². The number of amides is 1. The molecule has 6 heteroatoms. The van der Waals surface area contributed by atoms with Crippen LogP contribution in [-0.4, -0.2) is 28.4 Å². The van der Waals surface area contributed by atoms with Crippen molar-refractivity contribution in [2.75, 3.05) is 6.54 Å². The molecule has 1 N–H and O–H groups in total. The van der Waals surface area contributed by atoms with Crippen LogP contribution in [0.25, 0.3) is 0 Å². The predicted octanol–water partition coefficient (Wildman–Crippen LogP) is 2.61. The highest BCUT2D eigenvalue weighted by Crippen LogP contribution is 2.47. The molecule has 1 saturated carbocycles. The van der Waals surface area contributed by atoms with Gasteiger partial charge in [0.2, 0.25) is 5.91 Å². The highest BCUT2D eigenvalue weighted by atomic mass is 35.5. The van der Waals surface area contributed by atoms with Crippen molar-refractivity contribution in [3.8, 4) is 0 Å². The average Bonchev–Trinajstić information content (AvgIpc) is 3.05. The van der Waals surface area contributed by atoms with Crippen LogP contribution >= 0.6 is 22.9 Å². The Bertz CT molecular complexity index is 481. The second kappa shape index (κ2) is 4.90. The molecule has 0 aliphatic heterocycles. The molecule has 2 rings (SSSR count). The fourth-order valence-corrected chi connectivity index (χ4v) is 3.00. The summed E-state index contributed by atoms with van der Waals surface area (Å²) < 4.78 is 0.674. The summed E-state index contributed by atoms with van der Waals surface area (Å²) in [6, 6.07) is 3.65. The first-order chi connectivity index (χ1) is 8.49. The number of nitrogens with zero attached hydrogens (tertiary/aromatic N) is 1. The molecule has 1 aromatic rings. The lowest BCUT2D eigenvalue weighted by molar-refractivity contribution is -0.153. The molecule has 0 aromatic carbocycles. The minimum Gasteiger partial charge on any atom is -0.480 e. The lowest BCUT2D eigenvalue weighted by Gasteiger charge is -2.23. The Hall–Kier alpha value is -1.07. The number of hydrogen-bond acceptors (Lipinski definition) is 3. The Kier molecular flexibility index (Phi) is 3.64. The van der Waals surface area contributed by atoms with Crippen molar-refractivity contribution < 1.29 is 14.7 Å². The van der Waals surface area contributed by atoms with Crippen molar-refractivity contribution in [1.29, 1.82) is 0 Å². The van der Waals surface area contributed by atoms with Gasteiger partial charge in [0, 0.05) is 11.4 Å². The molecular weight excluding hydrogens is 274 g/mol. The zero-order valence-electron chi connectivity index (χ0n) is 9.98. The van der Waals surface area contributed by atoms with E-state index in [0.717, 1.165) is 4.88 Å². The number of carbonyl (C=O) groups is 2. The van der Waals surface area contributed by atoms with Crippen molar-refractivity contribution in [2.45, 2.75) is 26.3 Å². The van der Waals surface area contributed by atoms with E-state index in [4.69, 9.17) is 16.7 Å². The highest BCUT2D eigenvalue weighted by Gasteiger charge is 2.58. The molecule has 0 unspecified atom stereocenters. The number of carboxylic acid groups (broad SMARTS) is 1. The maximum absolute atomic E-state index is 12.2. The second-order valence-electron chi connectivity index (χ2n) is 4.41. The van der Waals surface area contributed by atoms with Gasteiger partial charge in [0.1, 0.15) is 5.41 Å². The molecule has 1 aliphatic rings. The van der Waals surface area contributed by atoms with Crippen molar-refractivity contribution in [3.05, 3.63) is 21.3 Å². The third kappa shape index (κ3) is 2.37. The molecule has 98 valence electrons. The molecule has 0 saturated heterocycles. The molecular formula is C12H14ClNO3S. The van der Waals surface area contributed by atoms with Crippen molar-refractivity contribution >= 4 is 34.8 Å². The van der Waals surface area contributed by atoms with E-state index in [9.17, 15) is 9.59 Å². The van der Waals surface area contributed by atoms with Crippen molar-refractivity contribution in [1.82, 2.24) is 4.90 Å². The summed E-state index contributed by atoms with van der Waals surface area (Å²) in [6.07, 6.45) is 0.895. The largest absolute Gasteiger partial charge is 0.480 e. The number of hydrogen-bond donors (Lipinski definition) is 1. The predicted molar refractivity (Wildman–Crippen MR) is 69.7 cm³/mol. The molecule has 0 bridgehead atoms. The molecule has 1 aliphatic carbocycles. The van der Waals surface area contributed by atoms with E-state index in [0.29, 0.717) is 30.3 Å². The fraction of sp³-hybridized carbons (Fsp3) is 0.500. The van der Waals surface area contributed by atoms with E-state index in [1.807, 2.05) is 13.0 Å². The van der Waals surface area contributed by atoms with Crippen LogP contribution < -0.4 is 0 Å². The minimum atomic E-state index is -1.16. The van der Waals surface area contributed by atoms with Gasteiger partial charge in [-0.25, -0.2) is 0 Å². The normalized spacial score (nSPS) is 16.3. The van der Waals surface area contributed by atoms with Crippen LogP contribution in [0.2, 0.25) is 4.34 Å². The molecule has 0 atom stereocenters. The summed E-state index contributed by atoms with van der Waals surface area (Å²) in [6.45, 7) is 2.79. The van der Waals surface area contributed by atoms with Gasteiger partial charge in [0.05, 0.1) is 10.9 Å².